The molecule has 1 atom stereocenters. The van der Waals surface area contributed by atoms with Gasteiger partial charge < -0.3 is 4.90 Å². The SMILES string of the molecule is CC(=O)C1CC(C(=O)N(C)Cc2cnn(-c3ccccc3)c2)=NN1c1ccccc1. The first-order valence-electron chi connectivity index (χ1n) is 9.79. The molecule has 1 aliphatic heterocycles. The number of hydrazone groups is 1. The van der Waals surface area contributed by atoms with E-state index < -0.39 is 6.04 Å². The number of Topliss-reactive ketones (excluding diaryl/α,β-unsaturated/α-hetero) is 1. The summed E-state index contributed by atoms with van der Waals surface area (Å²) in [5.74, 6) is -0.204. The third kappa shape index (κ3) is 4.00. The molecule has 30 heavy (non-hydrogen) atoms. The van der Waals surface area contributed by atoms with E-state index in [1.54, 1.807) is 27.8 Å². The van der Waals surface area contributed by atoms with E-state index in [0.29, 0.717) is 18.7 Å². The molecule has 7 nitrogen and oxygen atoms in total. The minimum absolute atomic E-state index is 0.0165. The topological polar surface area (TPSA) is 70.8 Å². The van der Waals surface area contributed by atoms with Gasteiger partial charge in [0.15, 0.2) is 5.78 Å². The van der Waals surface area contributed by atoms with Crippen molar-refractivity contribution < 1.29 is 9.59 Å². The fourth-order valence-corrected chi connectivity index (χ4v) is 3.50. The van der Waals surface area contributed by atoms with Gasteiger partial charge in [-0.3, -0.25) is 14.6 Å². The summed E-state index contributed by atoms with van der Waals surface area (Å²) in [7, 11) is 1.73. The van der Waals surface area contributed by atoms with E-state index in [0.717, 1.165) is 16.9 Å². The van der Waals surface area contributed by atoms with E-state index >= 15 is 0 Å². The van der Waals surface area contributed by atoms with Gasteiger partial charge in [-0.05, 0) is 31.2 Å². The fourth-order valence-electron chi connectivity index (χ4n) is 3.50. The molecule has 3 aromatic rings. The van der Waals surface area contributed by atoms with Crippen molar-refractivity contribution in [2.45, 2.75) is 25.9 Å². The first kappa shape index (κ1) is 19.6. The Hall–Kier alpha value is -3.74. The van der Waals surface area contributed by atoms with Crippen LogP contribution in [0.15, 0.2) is 78.2 Å². The van der Waals surface area contributed by atoms with Crippen LogP contribution in [0.25, 0.3) is 5.69 Å². The minimum Gasteiger partial charge on any atom is -0.336 e. The Morgan fingerprint density at radius 2 is 1.67 bits per heavy atom. The van der Waals surface area contributed by atoms with Crippen LogP contribution in [0.2, 0.25) is 0 Å². The number of aromatic nitrogens is 2. The van der Waals surface area contributed by atoms with Gasteiger partial charge in [-0.2, -0.15) is 10.2 Å². The van der Waals surface area contributed by atoms with Gasteiger partial charge in [-0.1, -0.05) is 36.4 Å². The minimum atomic E-state index is -0.458. The normalized spacial score (nSPS) is 15.7. The van der Waals surface area contributed by atoms with Crippen molar-refractivity contribution in [3.63, 3.8) is 0 Å². The average molecular weight is 401 g/mol. The molecule has 0 aliphatic carbocycles. The van der Waals surface area contributed by atoms with E-state index in [4.69, 9.17) is 0 Å². The standard InChI is InChI=1S/C23H23N5O2/c1-17(29)22-13-21(25-28(22)20-11-7-4-8-12-20)23(30)26(2)15-18-14-24-27(16-18)19-9-5-3-6-10-19/h3-12,14,16,22H,13,15H2,1-2H3. The van der Waals surface area contributed by atoms with Crippen LogP contribution in [0.5, 0.6) is 0 Å². The van der Waals surface area contributed by atoms with Gasteiger partial charge in [0, 0.05) is 31.8 Å². The molecule has 4 rings (SSSR count). The van der Waals surface area contributed by atoms with Crippen LogP contribution in [-0.4, -0.2) is 45.2 Å². The number of amides is 1. The van der Waals surface area contributed by atoms with Crippen molar-refractivity contribution in [2.75, 3.05) is 12.1 Å². The quantitative estimate of drug-likeness (QED) is 0.637. The Morgan fingerprint density at radius 1 is 1.03 bits per heavy atom. The molecule has 0 fully saturated rings. The summed E-state index contributed by atoms with van der Waals surface area (Å²) >= 11 is 0. The average Bonchev–Trinajstić information content (AvgIpc) is 3.42. The summed E-state index contributed by atoms with van der Waals surface area (Å²) in [4.78, 5) is 26.8. The summed E-state index contributed by atoms with van der Waals surface area (Å²) in [5, 5.41) is 10.5. The second kappa shape index (κ2) is 8.32. The summed E-state index contributed by atoms with van der Waals surface area (Å²) in [6.45, 7) is 1.94. The van der Waals surface area contributed by atoms with Gasteiger partial charge in [0.05, 0.1) is 17.6 Å². The predicted octanol–water partition coefficient (Wildman–Crippen LogP) is 3.05. The molecule has 0 spiro atoms. The van der Waals surface area contributed by atoms with Crippen LogP contribution in [0.1, 0.15) is 18.9 Å². The van der Waals surface area contributed by atoms with Crippen molar-refractivity contribution in [3.05, 3.63) is 78.6 Å². The molecule has 0 saturated carbocycles. The van der Waals surface area contributed by atoms with Crippen LogP contribution in [-0.2, 0) is 16.1 Å². The first-order chi connectivity index (χ1) is 14.5. The molecule has 2 aromatic carbocycles. The zero-order valence-corrected chi connectivity index (χ0v) is 17.0. The van der Waals surface area contributed by atoms with Gasteiger partial charge in [-0.15, -0.1) is 0 Å². The molecule has 0 saturated heterocycles. The van der Waals surface area contributed by atoms with Crippen LogP contribution in [0, 0.1) is 0 Å². The molecule has 2 heterocycles. The van der Waals surface area contributed by atoms with Crippen LogP contribution in [0.4, 0.5) is 5.69 Å². The monoisotopic (exact) mass is 401 g/mol. The van der Waals surface area contributed by atoms with Crippen molar-refractivity contribution in [1.82, 2.24) is 14.7 Å². The van der Waals surface area contributed by atoms with Crippen LogP contribution >= 0.6 is 0 Å². The number of nitrogens with zero attached hydrogens (tertiary/aromatic N) is 5. The second-order valence-electron chi connectivity index (χ2n) is 7.35. The molecule has 0 N–H and O–H groups in total. The third-order valence-corrected chi connectivity index (χ3v) is 5.07. The maximum absolute atomic E-state index is 13.0. The zero-order chi connectivity index (χ0) is 21.1. The van der Waals surface area contributed by atoms with Crippen molar-refractivity contribution in [1.29, 1.82) is 0 Å². The lowest BCUT2D eigenvalue weighted by Crippen LogP contribution is -2.35. The lowest BCUT2D eigenvalue weighted by atomic mass is 10.1. The van der Waals surface area contributed by atoms with E-state index in [2.05, 4.69) is 10.2 Å². The molecule has 1 aromatic heterocycles. The molecule has 1 aliphatic rings. The molecular formula is C23H23N5O2. The summed E-state index contributed by atoms with van der Waals surface area (Å²) in [6, 6.07) is 18.8. The second-order valence-corrected chi connectivity index (χ2v) is 7.35. The number of carbonyl (C=O) groups excluding carboxylic acids is 2. The zero-order valence-electron chi connectivity index (χ0n) is 17.0. The molecule has 0 bridgehead atoms. The smallest absolute Gasteiger partial charge is 0.270 e. The summed E-state index contributed by atoms with van der Waals surface area (Å²) in [5.41, 5.74) is 3.06. The highest BCUT2D eigenvalue weighted by molar-refractivity contribution is 6.40. The van der Waals surface area contributed by atoms with Gasteiger partial charge in [-0.25, -0.2) is 4.68 Å². The van der Waals surface area contributed by atoms with Gasteiger partial charge in [0.25, 0.3) is 5.91 Å². The van der Waals surface area contributed by atoms with Crippen molar-refractivity contribution >= 4 is 23.1 Å². The van der Waals surface area contributed by atoms with Crippen LogP contribution in [0.3, 0.4) is 0 Å². The maximum atomic E-state index is 13.0. The molecule has 7 heteroatoms. The highest BCUT2D eigenvalue weighted by Crippen LogP contribution is 2.25. The number of benzene rings is 2. The first-order valence-corrected chi connectivity index (χ1v) is 9.79. The Kier molecular flexibility index (Phi) is 5.43. The van der Waals surface area contributed by atoms with E-state index in [9.17, 15) is 9.59 Å². The highest BCUT2D eigenvalue weighted by atomic mass is 16.2. The molecule has 1 amide bonds. The molecule has 152 valence electrons. The lowest BCUT2D eigenvalue weighted by molar-refractivity contribution is -0.123. The van der Waals surface area contributed by atoms with E-state index in [-0.39, 0.29) is 11.7 Å². The van der Waals surface area contributed by atoms with Crippen molar-refractivity contribution in [3.8, 4) is 5.69 Å². The van der Waals surface area contributed by atoms with Crippen LogP contribution < -0.4 is 5.01 Å². The van der Waals surface area contributed by atoms with E-state index in [1.165, 1.54) is 6.92 Å². The Bertz CT molecular complexity index is 1080. The number of carbonyl (C=O) groups is 2. The van der Waals surface area contributed by atoms with E-state index in [1.807, 2.05) is 66.9 Å². The third-order valence-electron chi connectivity index (χ3n) is 5.07. The summed E-state index contributed by atoms with van der Waals surface area (Å²) in [6.07, 6.45) is 3.96. The number of anilines is 1. The number of hydrogen-bond donors (Lipinski definition) is 0. The van der Waals surface area contributed by atoms with Crippen molar-refractivity contribution in [2.24, 2.45) is 5.10 Å². The number of para-hydroxylation sites is 2. The van der Waals surface area contributed by atoms with Gasteiger partial charge in [0.1, 0.15) is 11.8 Å². The number of rotatable bonds is 6. The maximum Gasteiger partial charge on any atom is 0.270 e. The predicted molar refractivity (Wildman–Crippen MR) is 115 cm³/mol. The molecular weight excluding hydrogens is 378 g/mol. The Balaban J connectivity index is 1.49. The highest BCUT2D eigenvalue weighted by Gasteiger charge is 2.35. The molecule has 1 unspecified atom stereocenters. The lowest BCUT2D eigenvalue weighted by Gasteiger charge is -2.20. The van der Waals surface area contributed by atoms with Gasteiger partial charge >= 0.3 is 0 Å². The Labute approximate surface area is 175 Å². The number of ketones is 1. The largest absolute Gasteiger partial charge is 0.336 e. The Morgan fingerprint density at radius 3 is 2.30 bits per heavy atom. The molecule has 0 radical (unpaired) electrons. The van der Waals surface area contributed by atoms with Gasteiger partial charge in [0.2, 0.25) is 0 Å². The number of hydrogen-bond acceptors (Lipinski definition) is 5. The summed E-state index contributed by atoms with van der Waals surface area (Å²) < 4.78 is 1.78. The fraction of sp³-hybridized carbons (Fsp3) is 0.217.